The summed E-state index contributed by atoms with van der Waals surface area (Å²) in [5.41, 5.74) is 4.13. The van der Waals surface area contributed by atoms with Crippen LogP contribution >= 0.6 is 11.3 Å². The van der Waals surface area contributed by atoms with Gasteiger partial charge in [-0.2, -0.15) is 0 Å². The van der Waals surface area contributed by atoms with Gasteiger partial charge in [0.05, 0.1) is 10.2 Å². The number of rotatable bonds is 6. The number of piperidine rings is 1. The number of amides is 1. The second-order valence-corrected chi connectivity index (χ2v) is 9.06. The Morgan fingerprint density at radius 1 is 0.938 bits per heavy atom. The zero-order valence-corrected chi connectivity index (χ0v) is 18.6. The largest absolute Gasteiger partial charge is 0.347 e. The van der Waals surface area contributed by atoms with Crippen LogP contribution < -0.4 is 5.32 Å². The van der Waals surface area contributed by atoms with Crippen LogP contribution in [-0.4, -0.2) is 38.8 Å². The molecular formula is C25H25N5OS. The maximum absolute atomic E-state index is 13.1. The molecule has 0 radical (unpaired) electrons. The smallest absolute Gasteiger partial charge is 0.272 e. The lowest BCUT2D eigenvalue weighted by Gasteiger charge is -2.27. The Balaban J connectivity index is 1.33. The first kappa shape index (κ1) is 20.7. The molecule has 2 aromatic carbocycles. The van der Waals surface area contributed by atoms with Gasteiger partial charge >= 0.3 is 0 Å². The van der Waals surface area contributed by atoms with Crippen molar-refractivity contribution in [3.63, 3.8) is 0 Å². The number of nitrogens with one attached hydrogen (secondary N) is 1. The van der Waals surface area contributed by atoms with Crippen LogP contribution in [0.2, 0.25) is 0 Å². The molecule has 162 valence electrons. The van der Waals surface area contributed by atoms with Gasteiger partial charge in [-0.05, 0) is 49.2 Å². The van der Waals surface area contributed by atoms with Crippen LogP contribution in [0.15, 0.2) is 60.9 Å². The summed E-state index contributed by atoms with van der Waals surface area (Å²) in [6.45, 7) is 3.67. The summed E-state index contributed by atoms with van der Waals surface area (Å²) < 4.78 is 1.06. The molecule has 6 nitrogen and oxygen atoms in total. The van der Waals surface area contributed by atoms with Gasteiger partial charge in [0, 0.05) is 25.5 Å². The van der Waals surface area contributed by atoms with E-state index < -0.39 is 0 Å². The number of fused-ring (bicyclic) bond motifs is 1. The Morgan fingerprint density at radius 2 is 1.69 bits per heavy atom. The van der Waals surface area contributed by atoms with Crippen LogP contribution in [0.5, 0.6) is 0 Å². The molecule has 0 bridgehead atoms. The molecule has 0 saturated carbocycles. The van der Waals surface area contributed by atoms with Crippen molar-refractivity contribution in [2.24, 2.45) is 0 Å². The van der Waals surface area contributed by atoms with E-state index in [4.69, 9.17) is 0 Å². The van der Waals surface area contributed by atoms with Crippen molar-refractivity contribution in [1.82, 2.24) is 25.2 Å². The highest BCUT2D eigenvalue weighted by Gasteiger charge is 2.19. The monoisotopic (exact) mass is 443 g/mol. The van der Waals surface area contributed by atoms with E-state index in [1.54, 1.807) is 12.4 Å². The molecule has 32 heavy (non-hydrogen) atoms. The van der Waals surface area contributed by atoms with Gasteiger partial charge in [-0.3, -0.25) is 9.69 Å². The summed E-state index contributed by atoms with van der Waals surface area (Å²) in [6.07, 6.45) is 7.01. The molecule has 2 aromatic heterocycles. The highest BCUT2D eigenvalue weighted by molar-refractivity contribution is 7.21. The Hall–Kier alpha value is -3.16. The van der Waals surface area contributed by atoms with E-state index >= 15 is 0 Å². The lowest BCUT2D eigenvalue weighted by molar-refractivity contribution is 0.0946. The van der Waals surface area contributed by atoms with Crippen LogP contribution in [-0.2, 0) is 13.1 Å². The molecule has 1 fully saturated rings. The third-order valence-corrected chi connectivity index (χ3v) is 6.85. The van der Waals surface area contributed by atoms with Crippen molar-refractivity contribution >= 4 is 27.5 Å². The molecule has 1 aliphatic rings. The molecule has 7 heteroatoms. The Morgan fingerprint density at radius 3 is 2.53 bits per heavy atom. The van der Waals surface area contributed by atoms with Crippen LogP contribution in [0, 0.1) is 0 Å². The predicted molar refractivity (Wildman–Crippen MR) is 127 cm³/mol. The second-order valence-electron chi connectivity index (χ2n) is 8.03. The van der Waals surface area contributed by atoms with E-state index in [1.807, 2.05) is 30.3 Å². The van der Waals surface area contributed by atoms with Crippen molar-refractivity contribution in [2.75, 3.05) is 13.1 Å². The quantitative estimate of drug-likeness (QED) is 0.469. The first-order valence-corrected chi connectivity index (χ1v) is 11.8. The molecule has 0 atom stereocenters. The number of aromatic nitrogens is 3. The zero-order chi connectivity index (χ0) is 21.8. The van der Waals surface area contributed by atoms with Crippen LogP contribution in [0.4, 0.5) is 0 Å². The molecule has 1 saturated heterocycles. The van der Waals surface area contributed by atoms with Gasteiger partial charge in [-0.25, -0.2) is 15.0 Å². The molecule has 5 rings (SSSR count). The van der Waals surface area contributed by atoms with E-state index in [0.717, 1.165) is 35.4 Å². The van der Waals surface area contributed by atoms with E-state index in [-0.39, 0.29) is 5.91 Å². The molecule has 0 aliphatic carbocycles. The van der Waals surface area contributed by atoms with E-state index in [0.29, 0.717) is 22.9 Å². The molecule has 4 aromatic rings. The molecule has 3 heterocycles. The highest BCUT2D eigenvalue weighted by Crippen LogP contribution is 2.30. The van der Waals surface area contributed by atoms with Crippen LogP contribution in [0.3, 0.4) is 0 Å². The molecule has 0 spiro atoms. The predicted octanol–water partition coefficient (Wildman–Crippen LogP) is 4.67. The molecular weight excluding hydrogens is 418 g/mol. The SMILES string of the molecule is O=C(NCc1ccccc1CN1CCCCC1)c1nccnc1-c1nc2ccccc2s1. The maximum atomic E-state index is 13.1. The van der Waals surface area contributed by atoms with Crippen LogP contribution in [0.25, 0.3) is 20.9 Å². The van der Waals surface area contributed by atoms with E-state index in [2.05, 4.69) is 43.4 Å². The van der Waals surface area contributed by atoms with Crippen molar-refractivity contribution in [1.29, 1.82) is 0 Å². The average molecular weight is 444 g/mol. The summed E-state index contributed by atoms with van der Waals surface area (Å²) in [5.74, 6) is -0.236. The fraction of sp³-hybridized carbons (Fsp3) is 0.280. The van der Waals surface area contributed by atoms with Gasteiger partial charge in [0.2, 0.25) is 0 Å². The fourth-order valence-corrected chi connectivity index (χ4v) is 5.10. The third kappa shape index (κ3) is 4.54. The van der Waals surface area contributed by atoms with Crippen molar-refractivity contribution in [2.45, 2.75) is 32.4 Å². The number of hydrogen-bond donors (Lipinski definition) is 1. The summed E-state index contributed by atoms with van der Waals surface area (Å²) >= 11 is 1.52. The second kappa shape index (κ2) is 9.54. The number of para-hydroxylation sites is 1. The lowest BCUT2D eigenvalue weighted by Crippen LogP contribution is -2.30. The van der Waals surface area contributed by atoms with E-state index in [1.165, 1.54) is 36.2 Å². The Kier molecular flexibility index (Phi) is 6.18. The van der Waals surface area contributed by atoms with Gasteiger partial charge in [0.1, 0.15) is 10.7 Å². The molecule has 1 amide bonds. The van der Waals surface area contributed by atoms with Gasteiger partial charge in [-0.15, -0.1) is 11.3 Å². The molecule has 0 unspecified atom stereocenters. The topological polar surface area (TPSA) is 71.0 Å². The van der Waals surface area contributed by atoms with Crippen LogP contribution in [0.1, 0.15) is 40.9 Å². The summed E-state index contributed by atoms with van der Waals surface area (Å²) in [6, 6.07) is 16.3. The molecule has 1 aliphatic heterocycles. The van der Waals surface area contributed by atoms with E-state index in [9.17, 15) is 4.79 Å². The number of thiazole rings is 1. The van der Waals surface area contributed by atoms with Gasteiger partial charge in [0.15, 0.2) is 5.69 Å². The lowest BCUT2D eigenvalue weighted by atomic mass is 10.0. The number of hydrogen-bond acceptors (Lipinski definition) is 6. The fourth-order valence-electron chi connectivity index (χ4n) is 4.14. The summed E-state index contributed by atoms with van der Waals surface area (Å²) in [4.78, 5) is 29.0. The summed E-state index contributed by atoms with van der Waals surface area (Å²) in [7, 11) is 0. The standard InChI is InChI=1S/C25H25N5OS/c31-24(28-16-18-8-2-3-9-19(18)17-30-14-6-1-7-15-30)22-23(27-13-12-26-22)25-29-20-10-4-5-11-21(20)32-25/h2-5,8-13H,1,6-7,14-17H2,(H,28,31). The van der Waals surface area contributed by atoms with Gasteiger partial charge < -0.3 is 5.32 Å². The third-order valence-electron chi connectivity index (χ3n) is 5.81. The zero-order valence-electron chi connectivity index (χ0n) is 17.8. The summed E-state index contributed by atoms with van der Waals surface area (Å²) in [5, 5.41) is 3.76. The maximum Gasteiger partial charge on any atom is 0.272 e. The Bertz CT molecular complexity index is 1200. The van der Waals surface area contributed by atoms with Crippen molar-refractivity contribution < 1.29 is 4.79 Å². The van der Waals surface area contributed by atoms with Gasteiger partial charge in [-0.1, -0.05) is 42.8 Å². The highest BCUT2D eigenvalue weighted by atomic mass is 32.1. The normalized spacial score (nSPS) is 14.5. The van der Waals surface area contributed by atoms with Crippen molar-refractivity contribution in [3.05, 3.63) is 77.7 Å². The first-order valence-electron chi connectivity index (χ1n) is 11.0. The number of carbonyl (C=O) groups is 1. The number of carbonyl (C=O) groups excluding carboxylic acids is 1. The average Bonchev–Trinajstić information content (AvgIpc) is 3.28. The number of benzene rings is 2. The minimum atomic E-state index is -0.236. The minimum Gasteiger partial charge on any atom is -0.347 e. The Labute approximate surface area is 191 Å². The van der Waals surface area contributed by atoms with Gasteiger partial charge in [0.25, 0.3) is 5.91 Å². The number of likely N-dealkylation sites (tertiary alicyclic amines) is 1. The number of nitrogens with zero attached hydrogens (tertiary/aromatic N) is 4. The van der Waals surface area contributed by atoms with Crippen molar-refractivity contribution in [3.8, 4) is 10.7 Å². The molecule has 1 N–H and O–H groups in total. The minimum absolute atomic E-state index is 0.236. The first-order chi connectivity index (χ1) is 15.8.